The normalized spacial score (nSPS) is 13.8. The highest BCUT2D eigenvalue weighted by Gasteiger charge is 2.21. The molecule has 1 fully saturated rings. The third-order valence-electron chi connectivity index (χ3n) is 3.14. The van der Waals surface area contributed by atoms with Gasteiger partial charge in [0.05, 0.1) is 6.54 Å². The second kappa shape index (κ2) is 7.46. The van der Waals surface area contributed by atoms with Crippen LogP contribution in [-0.2, 0) is 11.3 Å². The lowest BCUT2D eigenvalue weighted by molar-refractivity contribution is -0.129. The van der Waals surface area contributed by atoms with Crippen molar-refractivity contribution in [3.63, 3.8) is 0 Å². The fourth-order valence-corrected chi connectivity index (χ4v) is 1.84. The van der Waals surface area contributed by atoms with E-state index in [1.54, 1.807) is 18.0 Å². The molecule has 1 aromatic rings. The Morgan fingerprint density at radius 2 is 2.21 bits per heavy atom. The van der Waals surface area contributed by atoms with Gasteiger partial charge < -0.3 is 10.2 Å². The standard InChI is InChI=1S/C14H19FN2O.ClH/c1-17(10-12-3-2-4-13(15)7-12)14(18)9-16-8-11-5-6-11;/h2-4,7,11,16H,5-6,8-10H2,1H3;1H. The zero-order valence-electron chi connectivity index (χ0n) is 11.1. The van der Waals surface area contributed by atoms with Gasteiger partial charge >= 0.3 is 0 Å². The summed E-state index contributed by atoms with van der Waals surface area (Å²) < 4.78 is 13.0. The van der Waals surface area contributed by atoms with Gasteiger partial charge in [0.2, 0.25) is 5.91 Å². The lowest BCUT2D eigenvalue weighted by Crippen LogP contribution is -2.35. The number of hydrogen-bond donors (Lipinski definition) is 1. The molecule has 1 aliphatic rings. The van der Waals surface area contributed by atoms with Gasteiger partial charge in [-0.3, -0.25) is 4.79 Å². The Kier molecular flexibility index (Phi) is 6.25. The summed E-state index contributed by atoms with van der Waals surface area (Å²) in [6.45, 7) is 1.74. The van der Waals surface area contributed by atoms with Crippen molar-refractivity contribution in [3.8, 4) is 0 Å². The predicted octanol–water partition coefficient (Wildman–Crippen LogP) is 2.21. The molecule has 0 heterocycles. The van der Waals surface area contributed by atoms with E-state index in [1.165, 1.54) is 25.0 Å². The van der Waals surface area contributed by atoms with Gasteiger partial charge in [-0.25, -0.2) is 4.39 Å². The van der Waals surface area contributed by atoms with Gasteiger partial charge in [0.15, 0.2) is 0 Å². The number of benzene rings is 1. The van der Waals surface area contributed by atoms with Crippen molar-refractivity contribution in [2.75, 3.05) is 20.1 Å². The number of amides is 1. The van der Waals surface area contributed by atoms with Crippen molar-refractivity contribution in [1.29, 1.82) is 0 Å². The Balaban J connectivity index is 0.00000180. The molecular formula is C14H20ClFN2O. The summed E-state index contributed by atoms with van der Waals surface area (Å²) >= 11 is 0. The van der Waals surface area contributed by atoms with Gasteiger partial charge in [-0.2, -0.15) is 0 Å². The van der Waals surface area contributed by atoms with E-state index in [4.69, 9.17) is 0 Å². The van der Waals surface area contributed by atoms with E-state index in [2.05, 4.69) is 5.32 Å². The Morgan fingerprint density at radius 3 is 2.84 bits per heavy atom. The van der Waals surface area contributed by atoms with Crippen LogP contribution in [0.25, 0.3) is 0 Å². The minimum Gasteiger partial charge on any atom is -0.340 e. The van der Waals surface area contributed by atoms with Gasteiger partial charge in [-0.1, -0.05) is 12.1 Å². The summed E-state index contributed by atoms with van der Waals surface area (Å²) in [7, 11) is 1.74. The molecule has 1 N–H and O–H groups in total. The molecule has 3 nitrogen and oxygen atoms in total. The lowest BCUT2D eigenvalue weighted by Gasteiger charge is -2.17. The summed E-state index contributed by atoms with van der Waals surface area (Å²) in [5, 5.41) is 3.16. The van der Waals surface area contributed by atoms with Crippen LogP contribution in [0.4, 0.5) is 4.39 Å². The minimum atomic E-state index is -0.264. The zero-order valence-corrected chi connectivity index (χ0v) is 11.9. The average molecular weight is 287 g/mol. The third kappa shape index (κ3) is 5.57. The van der Waals surface area contributed by atoms with Crippen molar-refractivity contribution in [3.05, 3.63) is 35.6 Å². The topological polar surface area (TPSA) is 32.3 Å². The van der Waals surface area contributed by atoms with Gasteiger partial charge in [0.1, 0.15) is 5.82 Å². The van der Waals surface area contributed by atoms with Crippen molar-refractivity contribution in [2.24, 2.45) is 5.92 Å². The molecule has 1 saturated carbocycles. The Labute approximate surface area is 119 Å². The summed E-state index contributed by atoms with van der Waals surface area (Å²) in [4.78, 5) is 13.4. The number of likely N-dealkylation sites (N-methyl/N-ethyl adjacent to an activating group) is 1. The maximum atomic E-state index is 13.0. The molecule has 0 aromatic heterocycles. The molecule has 0 atom stereocenters. The van der Waals surface area contributed by atoms with E-state index in [0.717, 1.165) is 18.0 Å². The first kappa shape index (κ1) is 15.9. The molecule has 1 amide bonds. The zero-order chi connectivity index (χ0) is 13.0. The molecule has 0 bridgehead atoms. The molecule has 2 rings (SSSR count). The number of hydrogen-bond acceptors (Lipinski definition) is 2. The van der Waals surface area contributed by atoms with Crippen LogP contribution in [0, 0.1) is 11.7 Å². The van der Waals surface area contributed by atoms with Gasteiger partial charge in [0, 0.05) is 13.6 Å². The van der Waals surface area contributed by atoms with Crippen molar-refractivity contribution in [1.82, 2.24) is 10.2 Å². The minimum absolute atomic E-state index is 0. The van der Waals surface area contributed by atoms with Crippen LogP contribution in [0.2, 0.25) is 0 Å². The summed E-state index contributed by atoms with van der Waals surface area (Å²) in [5.41, 5.74) is 0.813. The summed E-state index contributed by atoms with van der Waals surface area (Å²) in [6, 6.07) is 6.35. The van der Waals surface area contributed by atoms with Crippen molar-refractivity contribution >= 4 is 18.3 Å². The fourth-order valence-electron chi connectivity index (χ4n) is 1.84. The quantitative estimate of drug-likeness (QED) is 0.870. The lowest BCUT2D eigenvalue weighted by atomic mass is 10.2. The van der Waals surface area contributed by atoms with E-state index in [0.29, 0.717) is 13.1 Å². The first-order chi connectivity index (χ1) is 8.65. The van der Waals surface area contributed by atoms with Gasteiger partial charge in [-0.15, -0.1) is 12.4 Å². The van der Waals surface area contributed by atoms with E-state index in [-0.39, 0.29) is 24.1 Å². The molecule has 19 heavy (non-hydrogen) atoms. The van der Waals surface area contributed by atoms with Gasteiger partial charge in [0.25, 0.3) is 0 Å². The van der Waals surface area contributed by atoms with E-state index in [1.807, 2.05) is 6.07 Å². The van der Waals surface area contributed by atoms with Crippen LogP contribution in [0.5, 0.6) is 0 Å². The molecule has 106 valence electrons. The van der Waals surface area contributed by atoms with E-state index in [9.17, 15) is 9.18 Å². The Bertz CT molecular complexity index is 424. The Morgan fingerprint density at radius 1 is 1.47 bits per heavy atom. The number of carbonyl (C=O) groups excluding carboxylic acids is 1. The maximum Gasteiger partial charge on any atom is 0.236 e. The van der Waals surface area contributed by atoms with E-state index >= 15 is 0 Å². The number of carbonyl (C=O) groups is 1. The monoisotopic (exact) mass is 286 g/mol. The Hall–Kier alpha value is -1.13. The predicted molar refractivity (Wildman–Crippen MR) is 75.7 cm³/mol. The smallest absolute Gasteiger partial charge is 0.236 e. The summed E-state index contributed by atoms with van der Waals surface area (Å²) in [6.07, 6.45) is 2.56. The average Bonchev–Trinajstić information content (AvgIpc) is 3.13. The van der Waals surface area contributed by atoms with Crippen LogP contribution in [0.1, 0.15) is 18.4 Å². The first-order valence-corrected chi connectivity index (χ1v) is 6.34. The molecule has 5 heteroatoms. The molecule has 1 aliphatic carbocycles. The molecular weight excluding hydrogens is 267 g/mol. The number of nitrogens with zero attached hydrogens (tertiary/aromatic N) is 1. The number of rotatable bonds is 6. The molecule has 0 radical (unpaired) electrons. The van der Waals surface area contributed by atoms with E-state index < -0.39 is 0 Å². The molecule has 0 saturated heterocycles. The highest BCUT2D eigenvalue weighted by Crippen LogP contribution is 2.27. The second-order valence-corrected chi connectivity index (χ2v) is 4.95. The molecule has 1 aromatic carbocycles. The van der Waals surface area contributed by atoms with Gasteiger partial charge in [-0.05, 0) is 43.0 Å². The molecule has 0 spiro atoms. The molecule has 0 unspecified atom stereocenters. The highest BCUT2D eigenvalue weighted by molar-refractivity contribution is 5.85. The third-order valence-corrected chi connectivity index (χ3v) is 3.14. The first-order valence-electron chi connectivity index (χ1n) is 6.34. The van der Waals surface area contributed by atoms with Crippen LogP contribution in [-0.4, -0.2) is 30.9 Å². The second-order valence-electron chi connectivity index (χ2n) is 4.95. The fraction of sp³-hybridized carbons (Fsp3) is 0.500. The number of halogens is 2. The maximum absolute atomic E-state index is 13.0. The summed E-state index contributed by atoms with van der Waals surface area (Å²) in [5.74, 6) is 0.548. The van der Waals surface area contributed by atoms with Crippen LogP contribution < -0.4 is 5.32 Å². The largest absolute Gasteiger partial charge is 0.340 e. The number of nitrogens with one attached hydrogen (secondary N) is 1. The van der Waals surface area contributed by atoms with Crippen molar-refractivity contribution in [2.45, 2.75) is 19.4 Å². The SMILES string of the molecule is CN(Cc1cccc(F)c1)C(=O)CNCC1CC1.Cl. The molecule has 0 aliphatic heterocycles. The van der Waals surface area contributed by atoms with Crippen molar-refractivity contribution < 1.29 is 9.18 Å². The highest BCUT2D eigenvalue weighted by atomic mass is 35.5. The van der Waals surface area contributed by atoms with Crippen LogP contribution in [0.15, 0.2) is 24.3 Å². The van der Waals surface area contributed by atoms with Crippen LogP contribution in [0.3, 0.4) is 0 Å². The van der Waals surface area contributed by atoms with Crippen LogP contribution >= 0.6 is 12.4 Å².